The average Bonchev–Trinajstić information content (AvgIpc) is 1.89. The van der Waals surface area contributed by atoms with Crippen LogP contribution in [0.15, 0.2) is 0 Å². The summed E-state index contributed by atoms with van der Waals surface area (Å²) >= 11 is 0. The molecule has 0 heterocycles. The first-order valence-electron chi connectivity index (χ1n) is 3.76. The second-order valence-electron chi connectivity index (χ2n) is 3.15. The van der Waals surface area contributed by atoms with E-state index in [1.54, 1.807) is 0 Å². The van der Waals surface area contributed by atoms with Crippen molar-refractivity contribution in [2.45, 2.75) is 27.7 Å². The molecule has 2 nitrogen and oxygen atoms in total. The van der Waals surface area contributed by atoms with Crippen LogP contribution in [0.25, 0.3) is 0 Å². The van der Waals surface area contributed by atoms with Crippen molar-refractivity contribution in [3.8, 4) is 0 Å². The first-order chi connectivity index (χ1) is 4.54. The Labute approximate surface area is 221 Å². The van der Waals surface area contributed by atoms with Gasteiger partial charge >= 0.3 is 0 Å². The van der Waals surface area contributed by atoms with Crippen LogP contribution in [0.4, 0.5) is 0 Å². The number of aliphatic hydroxyl groups is 2. The largest absolute Gasteiger partial charge is 0.396 e. The molecule has 0 amide bonds. The first-order valence-corrected chi connectivity index (χ1v) is 3.76. The number of hydrogen-bond acceptors (Lipinski definition) is 2. The summed E-state index contributed by atoms with van der Waals surface area (Å²) in [5.74, 6) is 0.880. The van der Waals surface area contributed by atoms with E-state index in [0.29, 0.717) is 25.0 Å². The summed E-state index contributed by atoms with van der Waals surface area (Å²) in [6.07, 6.45) is 0. The summed E-state index contributed by atoms with van der Waals surface area (Å²) in [5, 5.41) is 16.3. The summed E-state index contributed by atoms with van der Waals surface area (Å²) < 4.78 is 0. The van der Waals surface area contributed by atoms with Crippen molar-refractivity contribution in [1.29, 1.82) is 0 Å². The van der Waals surface area contributed by atoms with Gasteiger partial charge in [-0.15, -0.1) is 0 Å². The molecule has 5 radical (unpaired) electrons. The van der Waals surface area contributed by atoms with Crippen LogP contribution in [0.1, 0.15) is 27.7 Å². The fourth-order valence-corrected chi connectivity index (χ4v) is 0. The molecule has 7 heteroatoms. The molecule has 0 saturated heterocycles. The topological polar surface area (TPSA) is 40.5 Å². The van der Waals surface area contributed by atoms with Gasteiger partial charge in [0.2, 0.25) is 0 Å². The van der Waals surface area contributed by atoms with Gasteiger partial charge in [-0.1, -0.05) is 27.7 Å². The minimum absolute atomic E-state index is 0. The van der Waals surface area contributed by atoms with Crippen LogP contribution in [0.2, 0.25) is 0 Å². The molecule has 0 atom stereocenters. The Morgan fingerprint density at radius 3 is 0.667 bits per heavy atom. The molecule has 0 aliphatic carbocycles. The Morgan fingerprint density at radius 1 is 0.600 bits per heavy atom. The maximum atomic E-state index is 8.14. The van der Waals surface area contributed by atoms with Crippen molar-refractivity contribution in [2.24, 2.45) is 11.8 Å². The summed E-state index contributed by atoms with van der Waals surface area (Å²) in [7, 11) is 0. The van der Waals surface area contributed by atoms with E-state index in [0.717, 1.165) is 0 Å². The summed E-state index contributed by atoms with van der Waals surface area (Å²) in [6.45, 7) is 8.50. The second-order valence-corrected chi connectivity index (χ2v) is 3.15. The molecule has 0 aromatic rings. The van der Waals surface area contributed by atoms with Gasteiger partial charge in [0.25, 0.3) is 0 Å². The SMILES string of the molecule is CC(C)CO.CC(C)CO.[Y].[Y].[Y].[Y].[Y]. The van der Waals surface area contributed by atoms with Gasteiger partial charge in [-0.2, -0.15) is 0 Å². The zero-order valence-corrected chi connectivity index (χ0v) is 24.5. The summed E-state index contributed by atoms with van der Waals surface area (Å²) in [4.78, 5) is 0. The number of aliphatic hydroxyl groups excluding tert-OH is 2. The Bertz CT molecular complexity index is 57.0. The molecule has 0 aromatic carbocycles. The maximum absolute atomic E-state index is 8.14. The third-order valence-electron chi connectivity index (χ3n) is 0.730. The number of rotatable bonds is 2. The molecular formula is C8H20O2Y5. The van der Waals surface area contributed by atoms with Gasteiger partial charge in [0.1, 0.15) is 0 Å². The van der Waals surface area contributed by atoms with Crippen LogP contribution >= 0.6 is 0 Å². The number of hydrogen-bond donors (Lipinski definition) is 2. The Morgan fingerprint density at radius 2 is 0.667 bits per heavy atom. The summed E-state index contributed by atoms with van der Waals surface area (Å²) in [5.41, 5.74) is 0. The molecule has 0 unspecified atom stereocenters. The molecule has 0 rings (SSSR count). The standard InChI is InChI=1S/2C4H10O.5Y/c2*1-4(2)3-5;;;;;/h2*4-5H,3H2,1-2H3;;;;;. The molecule has 2 N–H and O–H groups in total. The van der Waals surface area contributed by atoms with Gasteiger partial charge in [0.15, 0.2) is 0 Å². The maximum Gasteiger partial charge on any atom is 0.0453 e. The monoisotopic (exact) mass is 593 g/mol. The van der Waals surface area contributed by atoms with E-state index in [4.69, 9.17) is 10.2 Å². The Hall–Kier alpha value is 5.44. The van der Waals surface area contributed by atoms with Crippen molar-refractivity contribution in [1.82, 2.24) is 0 Å². The van der Waals surface area contributed by atoms with Gasteiger partial charge in [-0.25, -0.2) is 0 Å². The van der Waals surface area contributed by atoms with Crippen LogP contribution in [0, 0.1) is 11.8 Å². The molecule has 0 fully saturated rings. The van der Waals surface area contributed by atoms with Crippen molar-refractivity contribution < 1.29 is 174 Å². The molecule has 0 saturated carbocycles. The van der Waals surface area contributed by atoms with Crippen LogP contribution in [-0.2, 0) is 164 Å². The molecule has 0 aromatic heterocycles. The Kier molecular flexibility index (Phi) is 104. The quantitative estimate of drug-likeness (QED) is 0.507. The van der Waals surface area contributed by atoms with E-state index in [1.807, 2.05) is 27.7 Å². The predicted octanol–water partition coefficient (Wildman–Crippen LogP) is 1.26. The van der Waals surface area contributed by atoms with Crippen molar-refractivity contribution in [3.63, 3.8) is 0 Å². The molecule has 0 spiro atoms. The second kappa shape index (κ2) is 36.6. The minimum Gasteiger partial charge on any atom is -0.396 e. The molecule has 0 bridgehead atoms. The van der Waals surface area contributed by atoms with E-state index < -0.39 is 0 Å². The fourth-order valence-electron chi connectivity index (χ4n) is 0. The smallest absolute Gasteiger partial charge is 0.0453 e. The molecule has 0 aliphatic rings. The minimum atomic E-state index is 0. The van der Waals surface area contributed by atoms with Crippen LogP contribution < -0.4 is 0 Å². The third-order valence-corrected chi connectivity index (χ3v) is 0.730. The van der Waals surface area contributed by atoms with E-state index in [-0.39, 0.29) is 164 Å². The van der Waals surface area contributed by atoms with Crippen molar-refractivity contribution >= 4 is 0 Å². The van der Waals surface area contributed by atoms with Crippen LogP contribution in [0.5, 0.6) is 0 Å². The molecule has 0 aliphatic heterocycles. The Balaban J connectivity index is -0.0000000128. The van der Waals surface area contributed by atoms with Gasteiger partial charge in [0.05, 0.1) is 0 Å². The van der Waals surface area contributed by atoms with Gasteiger partial charge in [-0.3, -0.25) is 0 Å². The third kappa shape index (κ3) is 66.4. The zero-order valence-electron chi connectivity index (χ0n) is 10.4. The predicted molar refractivity (Wildman–Crippen MR) is 43.8 cm³/mol. The van der Waals surface area contributed by atoms with Crippen LogP contribution in [-0.4, -0.2) is 23.4 Å². The van der Waals surface area contributed by atoms with Crippen molar-refractivity contribution in [3.05, 3.63) is 0 Å². The van der Waals surface area contributed by atoms with Gasteiger partial charge in [-0.05, 0) is 11.8 Å². The average molecular weight is 593 g/mol. The molecule has 15 heavy (non-hydrogen) atoms. The van der Waals surface area contributed by atoms with E-state index in [9.17, 15) is 0 Å². The molecular weight excluding hydrogens is 573 g/mol. The molecule has 79 valence electrons. The van der Waals surface area contributed by atoms with Gasteiger partial charge in [0, 0.05) is 177 Å². The van der Waals surface area contributed by atoms with E-state index in [1.165, 1.54) is 0 Å². The zero-order chi connectivity index (χ0) is 8.57. The fraction of sp³-hybridized carbons (Fsp3) is 1.00. The van der Waals surface area contributed by atoms with Crippen molar-refractivity contribution in [2.75, 3.05) is 13.2 Å². The normalized spacial score (nSPS) is 6.40. The van der Waals surface area contributed by atoms with E-state index >= 15 is 0 Å². The van der Waals surface area contributed by atoms with E-state index in [2.05, 4.69) is 0 Å². The van der Waals surface area contributed by atoms with Crippen LogP contribution in [0.3, 0.4) is 0 Å². The van der Waals surface area contributed by atoms with Gasteiger partial charge < -0.3 is 10.2 Å². The first kappa shape index (κ1) is 42.8. The summed E-state index contributed by atoms with van der Waals surface area (Å²) in [6, 6.07) is 0.